The van der Waals surface area contributed by atoms with Crippen molar-refractivity contribution in [1.82, 2.24) is 5.32 Å². The Kier molecular flexibility index (Phi) is 6.97. The molecule has 7 heteroatoms. The number of carbonyl (C=O) groups is 2. The molecule has 1 saturated carbocycles. The second-order valence-electron chi connectivity index (χ2n) is 6.07. The van der Waals surface area contributed by atoms with Crippen molar-refractivity contribution in [3.8, 4) is 0 Å². The van der Waals surface area contributed by atoms with Gasteiger partial charge in [0, 0.05) is 29.6 Å². The van der Waals surface area contributed by atoms with E-state index in [4.69, 9.17) is 4.74 Å². The molecule has 6 nitrogen and oxygen atoms in total. The highest BCUT2D eigenvalue weighted by atomic mass is 32.2. The van der Waals surface area contributed by atoms with Gasteiger partial charge in [0.15, 0.2) is 6.61 Å². The maximum Gasteiger partial charge on any atom is 0.343 e. The van der Waals surface area contributed by atoms with Gasteiger partial charge in [0.05, 0.1) is 7.11 Å². The number of esters is 1. The van der Waals surface area contributed by atoms with Crippen LogP contribution in [0.15, 0.2) is 46.2 Å². The number of thioether (sulfide) groups is 1. The first-order valence-corrected chi connectivity index (χ1v) is 9.35. The van der Waals surface area contributed by atoms with Crippen molar-refractivity contribution in [3.05, 3.63) is 46.2 Å². The molecular weight excluding hydrogens is 354 g/mol. The van der Waals surface area contributed by atoms with Crippen LogP contribution >= 0.6 is 11.8 Å². The molecule has 1 fully saturated rings. The Bertz CT molecular complexity index is 686. The number of hydrogen-bond acceptors (Lipinski definition) is 6. The normalized spacial score (nSPS) is 19.2. The third-order valence-electron chi connectivity index (χ3n) is 4.49. The van der Waals surface area contributed by atoms with Crippen molar-refractivity contribution in [2.45, 2.75) is 37.4 Å². The molecule has 0 amide bonds. The van der Waals surface area contributed by atoms with Gasteiger partial charge in [0.2, 0.25) is 0 Å². The summed E-state index contributed by atoms with van der Waals surface area (Å²) in [6.07, 6.45) is 10.4. The van der Waals surface area contributed by atoms with Crippen LogP contribution in [0.25, 0.3) is 0 Å². The molecule has 0 saturated heterocycles. The van der Waals surface area contributed by atoms with Gasteiger partial charge in [-0.15, -0.1) is 11.8 Å². The number of aliphatic carboxylic acids is 1. The lowest BCUT2D eigenvalue weighted by molar-refractivity contribution is -0.144. The second-order valence-corrected chi connectivity index (χ2v) is 7.49. The van der Waals surface area contributed by atoms with Crippen LogP contribution < -0.4 is 5.32 Å². The van der Waals surface area contributed by atoms with Gasteiger partial charge in [0.25, 0.3) is 0 Å². The molecule has 26 heavy (non-hydrogen) atoms. The van der Waals surface area contributed by atoms with Crippen LogP contribution in [0.1, 0.15) is 32.6 Å². The summed E-state index contributed by atoms with van der Waals surface area (Å²) in [4.78, 5) is 24.0. The summed E-state index contributed by atoms with van der Waals surface area (Å²) in [5, 5.41) is 12.8. The first kappa shape index (κ1) is 20.2. The van der Waals surface area contributed by atoms with E-state index in [0.717, 1.165) is 22.6 Å². The molecule has 0 aromatic heterocycles. The molecule has 0 unspecified atom stereocenters. The van der Waals surface area contributed by atoms with E-state index >= 15 is 0 Å². The monoisotopic (exact) mass is 379 g/mol. The van der Waals surface area contributed by atoms with Crippen LogP contribution in [0.5, 0.6) is 0 Å². The summed E-state index contributed by atoms with van der Waals surface area (Å²) < 4.78 is 9.38. The van der Waals surface area contributed by atoms with E-state index in [-0.39, 0.29) is 6.61 Å². The SMILES string of the molecule is C/C=C(/SC1(C(=O)O)CCC1)C1=C(NC)CC=CC(OCC(=O)OC)=C1. The van der Waals surface area contributed by atoms with Crippen molar-refractivity contribution < 1.29 is 24.2 Å². The third-order valence-corrected chi connectivity index (χ3v) is 6.14. The van der Waals surface area contributed by atoms with Gasteiger partial charge in [-0.3, -0.25) is 4.79 Å². The fourth-order valence-electron chi connectivity index (χ4n) is 2.77. The zero-order valence-corrected chi connectivity index (χ0v) is 16.1. The maximum atomic E-state index is 11.7. The topological polar surface area (TPSA) is 84.9 Å². The number of ether oxygens (including phenoxy) is 2. The van der Waals surface area contributed by atoms with Crippen molar-refractivity contribution in [2.24, 2.45) is 0 Å². The molecule has 0 radical (unpaired) electrons. The van der Waals surface area contributed by atoms with Crippen LogP contribution in [0.3, 0.4) is 0 Å². The highest BCUT2D eigenvalue weighted by Crippen LogP contribution is 2.50. The number of carbonyl (C=O) groups excluding carboxylic acids is 1. The van der Waals surface area contributed by atoms with Crippen molar-refractivity contribution in [1.29, 1.82) is 0 Å². The van der Waals surface area contributed by atoms with Gasteiger partial charge >= 0.3 is 11.9 Å². The summed E-state index contributed by atoms with van der Waals surface area (Å²) >= 11 is 1.40. The third kappa shape index (κ3) is 4.52. The minimum absolute atomic E-state index is 0.174. The maximum absolute atomic E-state index is 11.7. The van der Waals surface area contributed by atoms with Gasteiger partial charge in [-0.25, -0.2) is 4.79 Å². The zero-order chi connectivity index (χ0) is 19.2. The summed E-state index contributed by atoms with van der Waals surface area (Å²) in [7, 11) is 3.15. The van der Waals surface area contributed by atoms with E-state index in [1.165, 1.54) is 18.9 Å². The fraction of sp³-hybridized carbons (Fsp3) is 0.474. The van der Waals surface area contributed by atoms with E-state index in [2.05, 4.69) is 10.1 Å². The quantitative estimate of drug-likeness (QED) is 0.627. The standard InChI is InChI=1S/C19H25NO5S/c1-4-16(26-19(18(22)23)9-6-10-19)14-11-13(25-12-17(21)24-3)7-5-8-15(14)20-2/h4-5,7,11,20H,6,8-10,12H2,1-3H3,(H,22,23)/b16-4+. The number of allylic oxidation sites excluding steroid dienone is 5. The van der Waals surface area contributed by atoms with Crippen LogP contribution in [0, 0.1) is 0 Å². The van der Waals surface area contributed by atoms with E-state index < -0.39 is 16.7 Å². The number of rotatable bonds is 8. The molecule has 0 spiro atoms. The smallest absolute Gasteiger partial charge is 0.343 e. The Labute approximate surface area is 158 Å². The molecule has 2 aliphatic carbocycles. The van der Waals surface area contributed by atoms with E-state index in [1.807, 2.05) is 38.3 Å². The fourth-order valence-corrected chi connectivity index (χ4v) is 4.18. The van der Waals surface area contributed by atoms with Gasteiger partial charge in [-0.1, -0.05) is 12.2 Å². The Morgan fingerprint density at radius 1 is 1.42 bits per heavy atom. The van der Waals surface area contributed by atoms with Gasteiger partial charge in [-0.05, 0) is 38.3 Å². The number of carboxylic acids is 1. The molecule has 2 aliphatic rings. The second kappa shape index (κ2) is 8.98. The number of hydrogen-bond donors (Lipinski definition) is 2. The van der Waals surface area contributed by atoms with E-state index in [9.17, 15) is 14.7 Å². The summed E-state index contributed by atoms with van der Waals surface area (Å²) in [5.41, 5.74) is 1.86. The minimum Gasteiger partial charge on any atom is -0.482 e. The largest absolute Gasteiger partial charge is 0.482 e. The summed E-state index contributed by atoms with van der Waals surface area (Å²) in [5.74, 6) is -0.686. The lowest BCUT2D eigenvalue weighted by Gasteiger charge is -2.37. The van der Waals surface area contributed by atoms with Gasteiger partial charge < -0.3 is 19.9 Å². The predicted molar refractivity (Wildman–Crippen MR) is 101 cm³/mol. The van der Waals surface area contributed by atoms with Crippen molar-refractivity contribution >= 4 is 23.7 Å². The molecule has 0 aromatic carbocycles. The Hall–Kier alpha value is -2.15. The Balaban J connectivity index is 2.29. The number of carboxylic acid groups (broad SMARTS) is 1. The molecule has 2 rings (SSSR count). The van der Waals surface area contributed by atoms with Crippen LogP contribution in [-0.4, -0.2) is 42.6 Å². The number of methoxy groups -OCH3 is 1. The number of nitrogens with one attached hydrogen (secondary N) is 1. The van der Waals surface area contributed by atoms with Crippen molar-refractivity contribution in [3.63, 3.8) is 0 Å². The lowest BCUT2D eigenvalue weighted by atomic mass is 9.84. The highest BCUT2D eigenvalue weighted by molar-refractivity contribution is 8.05. The van der Waals surface area contributed by atoms with Crippen molar-refractivity contribution in [2.75, 3.05) is 20.8 Å². The lowest BCUT2D eigenvalue weighted by Crippen LogP contribution is -2.42. The average molecular weight is 379 g/mol. The summed E-state index contributed by atoms with van der Waals surface area (Å²) in [6, 6.07) is 0. The van der Waals surface area contributed by atoms with Crippen LogP contribution in [0.4, 0.5) is 0 Å². The molecule has 0 bridgehead atoms. The molecule has 0 heterocycles. The highest BCUT2D eigenvalue weighted by Gasteiger charge is 2.46. The molecule has 0 atom stereocenters. The molecular formula is C19H25NO5S. The van der Waals surface area contributed by atoms with Gasteiger partial charge in [0.1, 0.15) is 10.5 Å². The Morgan fingerprint density at radius 2 is 2.15 bits per heavy atom. The molecule has 142 valence electrons. The Morgan fingerprint density at radius 3 is 2.65 bits per heavy atom. The van der Waals surface area contributed by atoms with E-state index in [1.54, 1.807) is 0 Å². The van der Waals surface area contributed by atoms with Crippen LogP contribution in [0.2, 0.25) is 0 Å². The molecule has 0 aromatic rings. The summed E-state index contributed by atoms with van der Waals surface area (Å²) in [6.45, 7) is 1.73. The van der Waals surface area contributed by atoms with Gasteiger partial charge in [-0.2, -0.15) is 0 Å². The molecule has 2 N–H and O–H groups in total. The minimum atomic E-state index is -0.766. The zero-order valence-electron chi connectivity index (χ0n) is 15.3. The first-order valence-electron chi connectivity index (χ1n) is 8.53. The average Bonchev–Trinajstić information content (AvgIpc) is 2.81. The molecule has 0 aliphatic heterocycles. The van der Waals surface area contributed by atoms with E-state index in [0.29, 0.717) is 25.0 Å². The van der Waals surface area contributed by atoms with Crippen LogP contribution in [-0.2, 0) is 19.1 Å². The first-order chi connectivity index (χ1) is 12.5. The predicted octanol–water partition coefficient (Wildman–Crippen LogP) is 3.14.